The van der Waals surface area contributed by atoms with Gasteiger partial charge in [-0.3, -0.25) is 9.80 Å². The van der Waals surface area contributed by atoms with E-state index in [0.29, 0.717) is 12.8 Å². The molecule has 0 radical (unpaired) electrons. The van der Waals surface area contributed by atoms with Gasteiger partial charge in [0.2, 0.25) is 6.79 Å². The number of methoxy groups -OCH3 is 1. The SMILES string of the molecule is COc1cc2c(cc1CN1CCCC[C@@H]1CN1CCOCC1)OCO2. The van der Waals surface area contributed by atoms with E-state index in [1.165, 1.54) is 24.8 Å². The minimum atomic E-state index is 0.297. The van der Waals surface area contributed by atoms with Crippen LogP contribution in [-0.2, 0) is 11.3 Å². The summed E-state index contributed by atoms with van der Waals surface area (Å²) in [6, 6.07) is 4.64. The average Bonchev–Trinajstić information content (AvgIpc) is 3.11. The molecule has 0 bridgehead atoms. The van der Waals surface area contributed by atoms with Crippen molar-refractivity contribution in [3.8, 4) is 17.2 Å². The highest BCUT2D eigenvalue weighted by Gasteiger charge is 2.27. The second-order valence-corrected chi connectivity index (χ2v) is 7.05. The lowest BCUT2D eigenvalue weighted by Crippen LogP contribution is -2.49. The number of nitrogens with zero attached hydrogens (tertiary/aromatic N) is 2. The van der Waals surface area contributed by atoms with Gasteiger partial charge >= 0.3 is 0 Å². The van der Waals surface area contributed by atoms with Crippen molar-refractivity contribution in [3.63, 3.8) is 0 Å². The van der Waals surface area contributed by atoms with Gasteiger partial charge in [0.25, 0.3) is 0 Å². The normalized spacial score (nSPS) is 24.4. The van der Waals surface area contributed by atoms with Crippen molar-refractivity contribution in [3.05, 3.63) is 17.7 Å². The molecular weight excluding hydrogens is 320 g/mol. The molecule has 0 saturated carbocycles. The van der Waals surface area contributed by atoms with Crippen LogP contribution in [0.15, 0.2) is 12.1 Å². The maximum absolute atomic E-state index is 5.61. The van der Waals surface area contributed by atoms with Crippen molar-refractivity contribution in [2.24, 2.45) is 0 Å². The molecule has 2 fully saturated rings. The summed E-state index contributed by atoms with van der Waals surface area (Å²) < 4.78 is 22.1. The van der Waals surface area contributed by atoms with E-state index in [1.54, 1.807) is 7.11 Å². The summed E-state index contributed by atoms with van der Waals surface area (Å²) in [4.78, 5) is 5.16. The molecule has 2 saturated heterocycles. The molecule has 0 aliphatic carbocycles. The van der Waals surface area contributed by atoms with Crippen LogP contribution >= 0.6 is 0 Å². The summed E-state index contributed by atoms with van der Waals surface area (Å²) in [5, 5.41) is 0. The van der Waals surface area contributed by atoms with Crippen molar-refractivity contribution in [1.29, 1.82) is 0 Å². The molecule has 1 atom stereocenters. The summed E-state index contributed by atoms with van der Waals surface area (Å²) in [5.41, 5.74) is 1.18. The van der Waals surface area contributed by atoms with Crippen LogP contribution in [0.2, 0.25) is 0 Å². The second kappa shape index (κ2) is 7.81. The maximum atomic E-state index is 5.61. The third-order valence-corrected chi connectivity index (χ3v) is 5.47. The highest BCUT2D eigenvalue weighted by Crippen LogP contribution is 2.39. The number of likely N-dealkylation sites (tertiary alicyclic amines) is 1. The van der Waals surface area contributed by atoms with Gasteiger partial charge < -0.3 is 18.9 Å². The lowest BCUT2D eigenvalue weighted by atomic mass is 10.00. The molecule has 0 unspecified atom stereocenters. The number of hydrogen-bond acceptors (Lipinski definition) is 6. The zero-order valence-corrected chi connectivity index (χ0v) is 15.0. The Bertz CT molecular complexity index is 589. The third kappa shape index (κ3) is 3.86. The fourth-order valence-electron chi connectivity index (χ4n) is 4.05. The van der Waals surface area contributed by atoms with E-state index in [2.05, 4.69) is 15.9 Å². The first-order chi connectivity index (χ1) is 12.3. The number of morpholine rings is 1. The van der Waals surface area contributed by atoms with Gasteiger partial charge in [0.1, 0.15) is 5.75 Å². The van der Waals surface area contributed by atoms with Crippen LogP contribution in [0.25, 0.3) is 0 Å². The molecule has 0 amide bonds. The van der Waals surface area contributed by atoms with Crippen LogP contribution in [-0.4, -0.2) is 69.1 Å². The molecule has 6 nitrogen and oxygen atoms in total. The Balaban J connectivity index is 1.47. The first-order valence-corrected chi connectivity index (χ1v) is 9.34. The number of hydrogen-bond donors (Lipinski definition) is 0. The van der Waals surface area contributed by atoms with Gasteiger partial charge in [0.05, 0.1) is 20.3 Å². The Kier molecular flexibility index (Phi) is 5.29. The Labute approximate surface area is 149 Å². The highest BCUT2D eigenvalue weighted by molar-refractivity contribution is 5.51. The van der Waals surface area contributed by atoms with Crippen LogP contribution in [0.4, 0.5) is 0 Å². The van der Waals surface area contributed by atoms with Gasteiger partial charge in [-0.15, -0.1) is 0 Å². The number of fused-ring (bicyclic) bond motifs is 1. The van der Waals surface area contributed by atoms with E-state index in [1.807, 2.05) is 6.07 Å². The van der Waals surface area contributed by atoms with E-state index < -0.39 is 0 Å². The summed E-state index contributed by atoms with van der Waals surface area (Å²) >= 11 is 0. The molecule has 0 N–H and O–H groups in total. The zero-order chi connectivity index (χ0) is 17.1. The molecule has 0 aromatic heterocycles. The number of piperidine rings is 1. The summed E-state index contributed by atoms with van der Waals surface area (Å²) in [6.07, 6.45) is 3.86. The van der Waals surface area contributed by atoms with Crippen LogP contribution in [0, 0.1) is 0 Å². The monoisotopic (exact) mass is 348 g/mol. The predicted molar refractivity (Wildman–Crippen MR) is 94.4 cm³/mol. The molecular formula is C19H28N2O4. The lowest BCUT2D eigenvalue weighted by Gasteiger charge is -2.39. The number of rotatable bonds is 5. The largest absolute Gasteiger partial charge is 0.496 e. The molecule has 3 aliphatic heterocycles. The van der Waals surface area contributed by atoms with Crippen molar-refractivity contribution in [2.45, 2.75) is 31.8 Å². The van der Waals surface area contributed by atoms with Crippen molar-refractivity contribution in [2.75, 3.05) is 53.3 Å². The van der Waals surface area contributed by atoms with E-state index in [0.717, 1.165) is 63.2 Å². The standard InChI is InChI=1S/C19H28N2O4/c1-22-17-11-19-18(24-14-25-19)10-15(17)12-21-5-3-2-4-16(21)13-20-6-8-23-9-7-20/h10-11,16H,2-9,12-14H2,1H3/t16-/m1/s1. The number of benzene rings is 1. The summed E-state index contributed by atoms with van der Waals surface area (Å²) in [7, 11) is 1.72. The van der Waals surface area contributed by atoms with Crippen molar-refractivity contribution in [1.82, 2.24) is 9.80 Å². The Morgan fingerprint density at radius 2 is 1.88 bits per heavy atom. The molecule has 1 aromatic rings. The molecule has 25 heavy (non-hydrogen) atoms. The van der Waals surface area contributed by atoms with Gasteiger partial charge in [-0.05, 0) is 25.5 Å². The molecule has 1 aromatic carbocycles. The second-order valence-electron chi connectivity index (χ2n) is 7.05. The first-order valence-electron chi connectivity index (χ1n) is 9.34. The van der Waals surface area contributed by atoms with Crippen LogP contribution in [0.1, 0.15) is 24.8 Å². The van der Waals surface area contributed by atoms with Crippen LogP contribution in [0.3, 0.4) is 0 Å². The Hall–Kier alpha value is -1.50. The molecule has 6 heteroatoms. The first kappa shape index (κ1) is 16.9. The molecule has 3 aliphatic rings. The van der Waals surface area contributed by atoms with E-state index >= 15 is 0 Å². The average molecular weight is 348 g/mol. The molecule has 3 heterocycles. The predicted octanol–water partition coefficient (Wildman–Crippen LogP) is 2.11. The van der Waals surface area contributed by atoms with Gasteiger partial charge in [-0.2, -0.15) is 0 Å². The molecule has 138 valence electrons. The number of ether oxygens (including phenoxy) is 4. The fraction of sp³-hybridized carbons (Fsp3) is 0.684. The minimum absolute atomic E-state index is 0.297. The molecule has 0 spiro atoms. The Morgan fingerprint density at radius 3 is 2.68 bits per heavy atom. The summed E-state index contributed by atoms with van der Waals surface area (Å²) in [5.74, 6) is 2.50. The van der Waals surface area contributed by atoms with Crippen LogP contribution < -0.4 is 14.2 Å². The van der Waals surface area contributed by atoms with E-state index in [9.17, 15) is 0 Å². The third-order valence-electron chi connectivity index (χ3n) is 5.47. The van der Waals surface area contributed by atoms with Gasteiger partial charge in [0.15, 0.2) is 11.5 Å². The van der Waals surface area contributed by atoms with Gasteiger partial charge in [-0.25, -0.2) is 0 Å². The van der Waals surface area contributed by atoms with Gasteiger partial charge in [0, 0.05) is 43.9 Å². The lowest BCUT2D eigenvalue weighted by molar-refractivity contribution is 0.0152. The van der Waals surface area contributed by atoms with E-state index in [4.69, 9.17) is 18.9 Å². The minimum Gasteiger partial charge on any atom is -0.496 e. The van der Waals surface area contributed by atoms with Crippen molar-refractivity contribution >= 4 is 0 Å². The Morgan fingerprint density at radius 1 is 1.08 bits per heavy atom. The zero-order valence-electron chi connectivity index (χ0n) is 15.0. The highest BCUT2D eigenvalue weighted by atomic mass is 16.7. The topological polar surface area (TPSA) is 43.4 Å². The fourth-order valence-corrected chi connectivity index (χ4v) is 4.05. The van der Waals surface area contributed by atoms with Gasteiger partial charge in [-0.1, -0.05) is 6.42 Å². The van der Waals surface area contributed by atoms with Crippen LogP contribution in [0.5, 0.6) is 17.2 Å². The smallest absolute Gasteiger partial charge is 0.231 e. The van der Waals surface area contributed by atoms with Crippen molar-refractivity contribution < 1.29 is 18.9 Å². The molecule has 4 rings (SSSR count). The summed E-state index contributed by atoms with van der Waals surface area (Å²) in [6.45, 7) is 7.31. The maximum Gasteiger partial charge on any atom is 0.231 e. The quantitative estimate of drug-likeness (QED) is 0.812. The van der Waals surface area contributed by atoms with E-state index in [-0.39, 0.29) is 0 Å².